The van der Waals surface area contributed by atoms with Crippen molar-refractivity contribution in [3.8, 4) is 0 Å². The molecule has 1 heterocycles. The van der Waals surface area contributed by atoms with Gasteiger partial charge in [-0.1, -0.05) is 38.8 Å². The van der Waals surface area contributed by atoms with Gasteiger partial charge in [0.15, 0.2) is 5.15 Å². The van der Waals surface area contributed by atoms with Crippen LogP contribution in [-0.2, 0) is 0 Å². The van der Waals surface area contributed by atoms with E-state index in [2.05, 4.69) is 47.0 Å². The maximum atomic E-state index is 6.14. The first-order chi connectivity index (χ1) is 9.42. The minimum atomic E-state index is 0.472. The van der Waals surface area contributed by atoms with Gasteiger partial charge in [0.05, 0.1) is 5.69 Å². The molecule has 2 rings (SSSR count). The maximum Gasteiger partial charge on any atom is 0.152 e. The van der Waals surface area contributed by atoms with Crippen molar-refractivity contribution in [1.82, 2.24) is 4.98 Å². The molecule has 0 atom stereocenters. The first kappa shape index (κ1) is 16.1. The Hall–Kier alpha value is -0.280. The normalized spacial score (nSPS) is 23.6. The summed E-state index contributed by atoms with van der Waals surface area (Å²) >= 11 is 9.59. The molecule has 0 aliphatic heterocycles. The minimum Gasteiger partial charge on any atom is -0.380 e. The van der Waals surface area contributed by atoms with Gasteiger partial charge in [0.25, 0.3) is 0 Å². The lowest BCUT2D eigenvalue weighted by atomic mass is 9.69. The van der Waals surface area contributed by atoms with E-state index in [1.54, 1.807) is 6.20 Å². The predicted molar refractivity (Wildman–Crippen MR) is 90.4 cm³/mol. The van der Waals surface area contributed by atoms with Crippen LogP contribution in [0.1, 0.15) is 52.9 Å². The van der Waals surface area contributed by atoms with Crippen LogP contribution in [-0.4, -0.2) is 11.0 Å². The molecule has 4 heteroatoms. The third kappa shape index (κ3) is 3.88. The van der Waals surface area contributed by atoms with E-state index in [9.17, 15) is 0 Å². The van der Waals surface area contributed by atoms with E-state index in [0.29, 0.717) is 16.6 Å². The van der Waals surface area contributed by atoms with E-state index in [1.165, 1.54) is 32.1 Å². The number of nitrogens with one attached hydrogen (secondary N) is 1. The highest BCUT2D eigenvalue weighted by molar-refractivity contribution is 9.10. The second-order valence-electron chi connectivity index (χ2n) is 6.53. The number of aromatic nitrogens is 1. The highest BCUT2D eigenvalue weighted by atomic mass is 79.9. The van der Waals surface area contributed by atoms with Crippen LogP contribution in [0.3, 0.4) is 0 Å². The van der Waals surface area contributed by atoms with Gasteiger partial charge in [0.1, 0.15) is 0 Å². The van der Waals surface area contributed by atoms with Gasteiger partial charge in [-0.15, -0.1) is 0 Å². The molecular weight excluding hydrogens is 336 g/mol. The number of halogens is 2. The molecule has 0 radical (unpaired) electrons. The minimum absolute atomic E-state index is 0.472. The van der Waals surface area contributed by atoms with Crippen LogP contribution >= 0.6 is 27.5 Å². The molecule has 0 amide bonds. The SMILES string of the molecule is CCC(C)(C)C1CCC(Nc2cc(Br)cnc2Cl)CC1. The molecule has 0 aromatic carbocycles. The number of hydrogen-bond donors (Lipinski definition) is 1. The van der Waals surface area contributed by atoms with Crippen LogP contribution in [0, 0.1) is 11.3 Å². The lowest BCUT2D eigenvalue weighted by Crippen LogP contribution is -2.32. The largest absolute Gasteiger partial charge is 0.380 e. The van der Waals surface area contributed by atoms with Crippen molar-refractivity contribution >= 4 is 33.2 Å². The average molecular weight is 360 g/mol. The Morgan fingerprint density at radius 1 is 1.35 bits per heavy atom. The zero-order valence-corrected chi connectivity index (χ0v) is 14.9. The highest BCUT2D eigenvalue weighted by Crippen LogP contribution is 2.41. The summed E-state index contributed by atoms with van der Waals surface area (Å²) in [5, 5.41) is 4.11. The fraction of sp³-hybridized carbons (Fsp3) is 0.688. The molecule has 1 aromatic heterocycles. The number of pyridine rings is 1. The lowest BCUT2D eigenvalue weighted by molar-refractivity contribution is 0.147. The Bertz CT molecular complexity index is 454. The first-order valence-electron chi connectivity index (χ1n) is 7.50. The third-order valence-electron chi connectivity index (χ3n) is 4.91. The number of anilines is 1. The summed E-state index contributed by atoms with van der Waals surface area (Å²) in [6.45, 7) is 7.11. The fourth-order valence-corrected chi connectivity index (χ4v) is 3.54. The second-order valence-corrected chi connectivity index (χ2v) is 7.80. The first-order valence-corrected chi connectivity index (χ1v) is 8.67. The quantitative estimate of drug-likeness (QED) is 0.676. The smallest absolute Gasteiger partial charge is 0.152 e. The summed E-state index contributed by atoms with van der Waals surface area (Å²) in [7, 11) is 0. The monoisotopic (exact) mass is 358 g/mol. The standard InChI is InChI=1S/C16H24BrClN2/c1-4-16(2,3)11-5-7-13(8-6-11)20-14-9-12(17)10-19-15(14)18/h9-11,13,20H,4-8H2,1-3H3. The Morgan fingerprint density at radius 3 is 2.60 bits per heavy atom. The molecule has 0 unspecified atom stereocenters. The molecule has 112 valence electrons. The zero-order valence-electron chi connectivity index (χ0n) is 12.5. The summed E-state index contributed by atoms with van der Waals surface area (Å²) in [5.41, 5.74) is 1.42. The number of rotatable bonds is 4. The van der Waals surface area contributed by atoms with Crippen molar-refractivity contribution in [3.05, 3.63) is 21.9 Å². The summed E-state index contributed by atoms with van der Waals surface area (Å²) in [6, 6.07) is 2.53. The van der Waals surface area contributed by atoms with E-state index < -0.39 is 0 Å². The van der Waals surface area contributed by atoms with Gasteiger partial charge in [-0.05, 0) is 59.0 Å². The summed E-state index contributed by atoms with van der Waals surface area (Å²) in [5.74, 6) is 0.849. The highest BCUT2D eigenvalue weighted by Gasteiger charge is 2.31. The summed E-state index contributed by atoms with van der Waals surface area (Å²) in [4.78, 5) is 4.17. The van der Waals surface area contributed by atoms with Crippen LogP contribution in [0.15, 0.2) is 16.7 Å². The van der Waals surface area contributed by atoms with Crippen molar-refractivity contribution in [2.75, 3.05) is 5.32 Å². The molecule has 0 saturated heterocycles. The van der Waals surface area contributed by atoms with Gasteiger partial charge in [-0.3, -0.25) is 0 Å². The van der Waals surface area contributed by atoms with E-state index in [1.807, 2.05) is 6.07 Å². The maximum absolute atomic E-state index is 6.14. The Balaban J connectivity index is 1.93. The molecule has 0 bridgehead atoms. The molecule has 1 saturated carbocycles. The van der Waals surface area contributed by atoms with Crippen LogP contribution < -0.4 is 5.32 Å². The van der Waals surface area contributed by atoms with Gasteiger partial charge < -0.3 is 5.32 Å². The van der Waals surface area contributed by atoms with Crippen LogP contribution in [0.5, 0.6) is 0 Å². The molecule has 1 aliphatic carbocycles. The van der Waals surface area contributed by atoms with Crippen molar-refractivity contribution in [3.63, 3.8) is 0 Å². The molecule has 1 N–H and O–H groups in total. The van der Waals surface area contributed by atoms with Gasteiger partial charge in [0, 0.05) is 16.7 Å². The lowest BCUT2D eigenvalue weighted by Gasteiger charge is -2.39. The van der Waals surface area contributed by atoms with Crippen molar-refractivity contribution in [2.24, 2.45) is 11.3 Å². The number of nitrogens with zero attached hydrogens (tertiary/aromatic N) is 1. The zero-order chi connectivity index (χ0) is 14.8. The average Bonchev–Trinajstić information content (AvgIpc) is 2.43. The molecule has 1 aromatic rings. The molecule has 0 spiro atoms. The van der Waals surface area contributed by atoms with Gasteiger partial charge in [0.2, 0.25) is 0 Å². The van der Waals surface area contributed by atoms with Crippen molar-refractivity contribution < 1.29 is 0 Å². The molecular formula is C16H24BrClN2. The molecule has 20 heavy (non-hydrogen) atoms. The van der Waals surface area contributed by atoms with E-state index >= 15 is 0 Å². The van der Waals surface area contributed by atoms with Crippen molar-refractivity contribution in [2.45, 2.75) is 58.9 Å². The summed E-state index contributed by atoms with van der Waals surface area (Å²) in [6.07, 6.45) is 8.04. The van der Waals surface area contributed by atoms with Crippen LogP contribution in [0.2, 0.25) is 5.15 Å². The van der Waals surface area contributed by atoms with Gasteiger partial charge >= 0.3 is 0 Å². The Kier molecular flexibility index (Phi) is 5.36. The molecule has 1 fully saturated rings. The van der Waals surface area contributed by atoms with Crippen molar-refractivity contribution in [1.29, 1.82) is 0 Å². The molecule has 2 nitrogen and oxygen atoms in total. The fourth-order valence-electron chi connectivity index (χ4n) is 3.05. The van der Waals surface area contributed by atoms with Crippen LogP contribution in [0.4, 0.5) is 5.69 Å². The summed E-state index contributed by atoms with van der Waals surface area (Å²) < 4.78 is 0.963. The van der Waals surface area contributed by atoms with E-state index in [4.69, 9.17) is 11.6 Å². The topological polar surface area (TPSA) is 24.9 Å². The van der Waals surface area contributed by atoms with Gasteiger partial charge in [-0.2, -0.15) is 0 Å². The van der Waals surface area contributed by atoms with E-state index in [0.717, 1.165) is 16.1 Å². The van der Waals surface area contributed by atoms with Crippen LogP contribution in [0.25, 0.3) is 0 Å². The van der Waals surface area contributed by atoms with E-state index in [-0.39, 0.29) is 0 Å². The third-order valence-corrected chi connectivity index (χ3v) is 5.64. The predicted octanol–water partition coefficient (Wildman–Crippen LogP) is 5.90. The Morgan fingerprint density at radius 2 is 2.00 bits per heavy atom. The van der Waals surface area contributed by atoms with Gasteiger partial charge in [-0.25, -0.2) is 4.98 Å². The second kappa shape index (κ2) is 6.65. The molecule has 1 aliphatic rings. The Labute approximate surface area is 135 Å². The number of hydrogen-bond acceptors (Lipinski definition) is 2.